The van der Waals surface area contributed by atoms with Crippen LogP contribution in [0.3, 0.4) is 0 Å². The van der Waals surface area contributed by atoms with Gasteiger partial charge in [-0.1, -0.05) is 421 Å². The van der Waals surface area contributed by atoms with Crippen molar-refractivity contribution >= 4 is 19.8 Å². The summed E-state index contributed by atoms with van der Waals surface area (Å²) in [6, 6.07) is 0. The summed E-state index contributed by atoms with van der Waals surface area (Å²) < 4.78 is 34.5. The quantitative estimate of drug-likeness (QED) is 0.0195. The van der Waals surface area contributed by atoms with Gasteiger partial charge in [-0.3, -0.25) is 14.2 Å². The molecule has 574 valence electrons. The summed E-state index contributed by atoms with van der Waals surface area (Å²) in [5, 5.41) is 0. The normalized spacial score (nSPS) is 13.3. The van der Waals surface area contributed by atoms with Gasteiger partial charge in [0.25, 0.3) is 7.82 Å². The Morgan fingerprint density at radius 1 is 0.327 bits per heavy atom. The first-order valence-corrected chi connectivity index (χ1v) is 44.1. The van der Waals surface area contributed by atoms with E-state index in [1.165, 1.54) is 315 Å². The van der Waals surface area contributed by atoms with E-state index in [0.29, 0.717) is 17.4 Å². The third-order valence-electron chi connectivity index (χ3n) is 19.2. The molecular formula is C88H164NO8P. The van der Waals surface area contributed by atoms with Gasteiger partial charge in [0.2, 0.25) is 0 Å². The van der Waals surface area contributed by atoms with Gasteiger partial charge < -0.3 is 27.9 Å². The number of hydrogen-bond donors (Lipinski definition) is 0. The molecule has 10 heteroatoms. The van der Waals surface area contributed by atoms with Gasteiger partial charge in [-0.2, -0.15) is 0 Å². The van der Waals surface area contributed by atoms with Gasteiger partial charge in [-0.25, -0.2) is 0 Å². The van der Waals surface area contributed by atoms with Gasteiger partial charge in [0.1, 0.15) is 19.8 Å². The molecule has 2 atom stereocenters. The topological polar surface area (TPSA) is 111 Å². The Balaban J connectivity index is 3.88. The third kappa shape index (κ3) is 82.4. The van der Waals surface area contributed by atoms with E-state index in [-0.39, 0.29) is 32.0 Å². The minimum absolute atomic E-state index is 0.0305. The maximum atomic E-state index is 12.9. The van der Waals surface area contributed by atoms with Gasteiger partial charge in [0.15, 0.2) is 6.10 Å². The molecule has 0 saturated carbocycles. The largest absolute Gasteiger partial charge is 0.756 e. The molecule has 0 aliphatic rings. The number of rotatable bonds is 80. The number of nitrogens with zero attached hydrogens (tertiary/aromatic N) is 1. The standard InChI is InChI=1S/C88H164NO8P/c1-6-8-10-12-14-16-18-20-22-24-26-28-30-32-34-36-38-40-41-42-43-44-45-46-47-49-50-52-54-56-58-60-62-64-66-68-70-72-74-76-78-80-87(90)94-84-86(85-96-98(92,93)95-83-82-89(3,4)5)97-88(91)81-79-77-75-73-71-69-67-65-63-61-59-57-55-53-51-48-39-37-35-33-31-29-27-25-23-21-19-17-15-13-11-9-7-2/h9,11,15,17,21,23,27,29,33,35,39,48,86H,6-8,10,12-14,16,18-20,22,24-26,28,30-32,34,36-38,40-47,49-85H2,1-5H3/b11-9-,17-15-,23-21-,29-27-,35-33-,48-39-. The molecule has 98 heavy (non-hydrogen) atoms. The zero-order valence-electron chi connectivity index (χ0n) is 65.7. The highest BCUT2D eigenvalue weighted by Gasteiger charge is 2.22. The van der Waals surface area contributed by atoms with Crippen molar-refractivity contribution in [2.45, 2.75) is 431 Å². The number of likely N-dealkylation sites (N-methyl/N-ethyl adjacent to an activating group) is 1. The number of unbranched alkanes of at least 4 members (excludes halogenated alkanes) is 54. The van der Waals surface area contributed by atoms with Crippen LogP contribution in [0.2, 0.25) is 0 Å². The van der Waals surface area contributed by atoms with E-state index in [1.54, 1.807) is 0 Å². The molecule has 0 radical (unpaired) electrons. The number of esters is 2. The van der Waals surface area contributed by atoms with E-state index in [0.717, 1.165) is 77.0 Å². The molecule has 0 amide bonds. The Morgan fingerprint density at radius 3 is 0.867 bits per heavy atom. The Kier molecular flexibility index (Phi) is 76.5. The second-order valence-corrected chi connectivity index (χ2v) is 31.6. The van der Waals surface area contributed by atoms with Crippen LogP contribution in [0.25, 0.3) is 0 Å². The minimum atomic E-state index is -4.65. The number of quaternary nitrogens is 1. The lowest BCUT2D eigenvalue weighted by atomic mass is 10.0. The van der Waals surface area contributed by atoms with Crippen LogP contribution in [-0.4, -0.2) is 70.0 Å². The average molecular weight is 1400 g/mol. The predicted molar refractivity (Wildman–Crippen MR) is 425 cm³/mol. The molecule has 0 aliphatic heterocycles. The van der Waals surface area contributed by atoms with E-state index < -0.39 is 26.5 Å². The zero-order chi connectivity index (χ0) is 71.1. The summed E-state index contributed by atoms with van der Waals surface area (Å²) in [6.07, 6.45) is 108. The average Bonchev–Trinajstić information content (AvgIpc) is 1.08. The van der Waals surface area contributed by atoms with E-state index in [2.05, 4.69) is 86.8 Å². The summed E-state index contributed by atoms with van der Waals surface area (Å²) in [4.78, 5) is 38.2. The number of allylic oxidation sites excluding steroid dienone is 12. The molecule has 0 N–H and O–H groups in total. The van der Waals surface area contributed by atoms with Crippen LogP contribution in [0.5, 0.6) is 0 Å². The molecule has 0 bridgehead atoms. The molecule has 0 aromatic carbocycles. The fraction of sp³-hybridized carbons (Fsp3) is 0.841. The van der Waals surface area contributed by atoms with Gasteiger partial charge >= 0.3 is 11.9 Å². The van der Waals surface area contributed by atoms with Crippen molar-refractivity contribution in [1.82, 2.24) is 0 Å². The van der Waals surface area contributed by atoms with E-state index in [9.17, 15) is 19.0 Å². The lowest BCUT2D eigenvalue weighted by Crippen LogP contribution is -2.37. The Bertz CT molecular complexity index is 1890. The Morgan fingerprint density at radius 2 is 0.582 bits per heavy atom. The summed E-state index contributed by atoms with van der Waals surface area (Å²) in [6.45, 7) is 4.19. The summed E-state index contributed by atoms with van der Waals surface area (Å²) >= 11 is 0. The van der Waals surface area contributed by atoms with E-state index in [4.69, 9.17) is 18.5 Å². The molecule has 2 unspecified atom stereocenters. The summed E-state index contributed by atoms with van der Waals surface area (Å²) in [7, 11) is 1.18. The summed E-state index contributed by atoms with van der Waals surface area (Å²) in [5.41, 5.74) is 0. The first-order chi connectivity index (χ1) is 48.0. The number of ether oxygens (including phenoxy) is 2. The predicted octanol–water partition coefficient (Wildman–Crippen LogP) is 28.0. The SMILES string of the molecule is CC/C=C\C/C=C\C/C=C\C/C=C\C/C=C\C/C=C\CCCCCCCCCCCCCCCCC(=O)OC(COC(=O)CCCCCCCCCCCCCCCCCCCCCCCCCCCCCCCCCCCCCCCCCCC)COP(=O)([O-])OCC[N+](C)(C)C. The zero-order valence-corrected chi connectivity index (χ0v) is 66.6. The van der Waals surface area contributed by atoms with Crippen molar-refractivity contribution in [3.8, 4) is 0 Å². The molecular weight excluding hydrogens is 1230 g/mol. The van der Waals surface area contributed by atoms with Crippen molar-refractivity contribution in [1.29, 1.82) is 0 Å². The lowest BCUT2D eigenvalue weighted by molar-refractivity contribution is -0.870. The van der Waals surface area contributed by atoms with Crippen LogP contribution in [0.1, 0.15) is 425 Å². The molecule has 0 heterocycles. The smallest absolute Gasteiger partial charge is 0.306 e. The van der Waals surface area contributed by atoms with Gasteiger partial charge in [-0.05, 0) is 64.2 Å². The van der Waals surface area contributed by atoms with Crippen LogP contribution in [0, 0.1) is 0 Å². The highest BCUT2D eigenvalue weighted by molar-refractivity contribution is 7.45. The first kappa shape index (κ1) is 95.5. The maximum absolute atomic E-state index is 12.9. The molecule has 0 aromatic rings. The second-order valence-electron chi connectivity index (χ2n) is 30.2. The molecule has 0 fully saturated rings. The number of carbonyl (C=O) groups is 2. The van der Waals surface area contributed by atoms with Gasteiger partial charge in [-0.15, -0.1) is 0 Å². The van der Waals surface area contributed by atoms with Crippen molar-refractivity contribution in [3.63, 3.8) is 0 Å². The van der Waals surface area contributed by atoms with Gasteiger partial charge in [0.05, 0.1) is 27.7 Å². The number of hydrogen-bond acceptors (Lipinski definition) is 8. The van der Waals surface area contributed by atoms with Crippen LogP contribution in [0.4, 0.5) is 0 Å². The summed E-state index contributed by atoms with van der Waals surface area (Å²) in [5.74, 6) is -0.815. The first-order valence-electron chi connectivity index (χ1n) is 42.6. The van der Waals surface area contributed by atoms with Crippen LogP contribution < -0.4 is 4.89 Å². The number of phosphoric ester groups is 1. The molecule has 9 nitrogen and oxygen atoms in total. The maximum Gasteiger partial charge on any atom is 0.306 e. The van der Waals surface area contributed by atoms with Crippen LogP contribution >= 0.6 is 7.82 Å². The Hall–Kier alpha value is -2.55. The van der Waals surface area contributed by atoms with Crippen molar-refractivity contribution in [3.05, 3.63) is 72.9 Å². The third-order valence-corrected chi connectivity index (χ3v) is 20.2. The highest BCUT2D eigenvalue weighted by Crippen LogP contribution is 2.38. The highest BCUT2D eigenvalue weighted by atomic mass is 31.2. The van der Waals surface area contributed by atoms with Crippen molar-refractivity contribution in [2.75, 3.05) is 47.5 Å². The number of phosphoric acid groups is 1. The Labute approximate surface area is 609 Å². The van der Waals surface area contributed by atoms with E-state index in [1.807, 2.05) is 21.1 Å². The molecule has 0 rings (SSSR count). The monoisotopic (exact) mass is 1390 g/mol. The lowest BCUT2D eigenvalue weighted by Gasteiger charge is -2.28. The minimum Gasteiger partial charge on any atom is -0.756 e. The molecule has 0 saturated heterocycles. The molecule has 0 aliphatic carbocycles. The molecule has 0 aromatic heterocycles. The number of carbonyl (C=O) groups excluding carboxylic acids is 2. The van der Waals surface area contributed by atoms with Crippen LogP contribution in [-0.2, 0) is 32.7 Å². The fourth-order valence-corrected chi connectivity index (χ4v) is 13.5. The van der Waals surface area contributed by atoms with Crippen LogP contribution in [0.15, 0.2) is 72.9 Å². The van der Waals surface area contributed by atoms with Crippen molar-refractivity contribution in [2.24, 2.45) is 0 Å². The molecule has 0 spiro atoms. The van der Waals surface area contributed by atoms with Crippen molar-refractivity contribution < 1.29 is 42.1 Å². The fourth-order valence-electron chi connectivity index (χ4n) is 12.8. The van der Waals surface area contributed by atoms with Gasteiger partial charge in [0, 0.05) is 12.8 Å². The van der Waals surface area contributed by atoms with E-state index >= 15 is 0 Å². The second kappa shape index (κ2) is 78.6.